The number of fused-ring (bicyclic) bond motifs is 1. The lowest BCUT2D eigenvalue weighted by Gasteiger charge is -2.35. The van der Waals surface area contributed by atoms with Crippen LogP contribution in [0.4, 0.5) is 0 Å². The van der Waals surface area contributed by atoms with Crippen LogP contribution in [0.2, 0.25) is 0 Å². The third-order valence-electron chi connectivity index (χ3n) is 4.90. The molecular formula is C14H25N3O. The molecule has 0 spiro atoms. The van der Waals surface area contributed by atoms with E-state index in [0.29, 0.717) is 23.9 Å². The molecule has 4 unspecified atom stereocenters. The minimum absolute atomic E-state index is 0.00662. The molecule has 3 rings (SSSR count). The van der Waals surface area contributed by atoms with E-state index in [2.05, 4.69) is 29.0 Å². The molecule has 4 nitrogen and oxygen atoms in total. The lowest BCUT2D eigenvalue weighted by molar-refractivity contribution is -0.133. The first-order valence-corrected chi connectivity index (χ1v) is 7.42. The summed E-state index contributed by atoms with van der Waals surface area (Å²) in [6.07, 6.45) is 3.97. The molecule has 3 aliphatic rings. The van der Waals surface area contributed by atoms with E-state index in [-0.39, 0.29) is 12.2 Å². The van der Waals surface area contributed by atoms with Crippen LogP contribution in [0.3, 0.4) is 0 Å². The first kappa shape index (κ1) is 12.4. The molecule has 4 heteroatoms. The molecule has 0 aromatic carbocycles. The fourth-order valence-corrected chi connectivity index (χ4v) is 4.03. The number of amides is 1. The van der Waals surface area contributed by atoms with E-state index in [1.165, 1.54) is 25.9 Å². The van der Waals surface area contributed by atoms with Gasteiger partial charge in [0, 0.05) is 12.6 Å². The Kier molecular flexibility index (Phi) is 3.10. The van der Waals surface area contributed by atoms with Gasteiger partial charge in [0.1, 0.15) is 0 Å². The van der Waals surface area contributed by atoms with Crippen molar-refractivity contribution in [1.29, 1.82) is 0 Å². The number of nitrogens with one attached hydrogen (secondary N) is 1. The molecule has 0 radical (unpaired) electrons. The Morgan fingerprint density at radius 3 is 2.72 bits per heavy atom. The van der Waals surface area contributed by atoms with Crippen LogP contribution in [0.25, 0.3) is 0 Å². The average Bonchev–Trinajstić information content (AvgIpc) is 2.96. The quantitative estimate of drug-likeness (QED) is 0.796. The highest BCUT2D eigenvalue weighted by Crippen LogP contribution is 2.34. The maximum atomic E-state index is 12.4. The van der Waals surface area contributed by atoms with Crippen LogP contribution >= 0.6 is 0 Å². The van der Waals surface area contributed by atoms with Crippen molar-refractivity contribution in [2.24, 2.45) is 5.92 Å². The number of hydrogen-bond acceptors (Lipinski definition) is 3. The zero-order valence-electron chi connectivity index (χ0n) is 11.7. The van der Waals surface area contributed by atoms with E-state index in [4.69, 9.17) is 0 Å². The summed E-state index contributed by atoms with van der Waals surface area (Å²) >= 11 is 0. The molecule has 3 heterocycles. The van der Waals surface area contributed by atoms with Gasteiger partial charge in [-0.1, -0.05) is 13.8 Å². The number of nitrogens with zero attached hydrogens (tertiary/aromatic N) is 2. The second-order valence-electron chi connectivity index (χ2n) is 6.42. The van der Waals surface area contributed by atoms with Crippen LogP contribution in [0.1, 0.15) is 40.0 Å². The van der Waals surface area contributed by atoms with E-state index in [9.17, 15) is 4.79 Å². The molecule has 0 bridgehead atoms. The number of rotatable bonds is 2. The molecule has 18 heavy (non-hydrogen) atoms. The monoisotopic (exact) mass is 251 g/mol. The Morgan fingerprint density at radius 2 is 2.00 bits per heavy atom. The van der Waals surface area contributed by atoms with Gasteiger partial charge in [0.15, 0.2) is 0 Å². The van der Waals surface area contributed by atoms with Crippen molar-refractivity contribution >= 4 is 5.91 Å². The van der Waals surface area contributed by atoms with Gasteiger partial charge >= 0.3 is 0 Å². The highest BCUT2D eigenvalue weighted by molar-refractivity contribution is 5.84. The Hall–Kier alpha value is -0.610. The second kappa shape index (κ2) is 4.49. The van der Waals surface area contributed by atoms with Crippen molar-refractivity contribution in [2.45, 2.75) is 64.3 Å². The molecule has 1 N–H and O–H groups in total. The third-order valence-corrected chi connectivity index (χ3v) is 4.90. The Labute approximate surface area is 110 Å². The fourth-order valence-electron chi connectivity index (χ4n) is 4.03. The lowest BCUT2D eigenvalue weighted by atomic mass is 10.0. The molecule has 0 aromatic heterocycles. The Morgan fingerprint density at radius 1 is 1.22 bits per heavy atom. The van der Waals surface area contributed by atoms with Crippen LogP contribution in [0, 0.1) is 5.92 Å². The van der Waals surface area contributed by atoms with Gasteiger partial charge in [-0.25, -0.2) is 0 Å². The molecule has 0 aromatic rings. The van der Waals surface area contributed by atoms with Gasteiger partial charge in [0.05, 0.1) is 18.2 Å². The van der Waals surface area contributed by atoms with Crippen molar-refractivity contribution < 1.29 is 4.79 Å². The summed E-state index contributed by atoms with van der Waals surface area (Å²) in [7, 11) is 0. The zero-order valence-corrected chi connectivity index (χ0v) is 11.7. The van der Waals surface area contributed by atoms with Crippen molar-refractivity contribution in [3.05, 3.63) is 0 Å². The molecule has 3 saturated heterocycles. The van der Waals surface area contributed by atoms with E-state index >= 15 is 0 Å². The summed E-state index contributed by atoms with van der Waals surface area (Å²) in [4.78, 5) is 17.2. The minimum atomic E-state index is -0.00662. The normalized spacial score (nSPS) is 41.1. The van der Waals surface area contributed by atoms with Crippen LogP contribution in [-0.4, -0.2) is 53.1 Å². The molecule has 1 amide bonds. The van der Waals surface area contributed by atoms with Gasteiger partial charge in [-0.15, -0.1) is 0 Å². The van der Waals surface area contributed by atoms with Crippen molar-refractivity contribution in [3.63, 3.8) is 0 Å². The maximum absolute atomic E-state index is 12.4. The predicted molar refractivity (Wildman–Crippen MR) is 71.1 cm³/mol. The van der Waals surface area contributed by atoms with E-state index in [1.54, 1.807) is 0 Å². The maximum Gasteiger partial charge on any atom is 0.241 e. The second-order valence-corrected chi connectivity index (χ2v) is 6.42. The lowest BCUT2D eigenvalue weighted by Crippen LogP contribution is -2.51. The fraction of sp³-hybridized carbons (Fsp3) is 0.929. The SMILES string of the molecule is CC1NC(C(C)C)N(C2CCN3CCCC23)C1=O. The van der Waals surface area contributed by atoms with Gasteiger partial charge in [-0.3, -0.25) is 15.0 Å². The number of carbonyl (C=O) groups is 1. The van der Waals surface area contributed by atoms with Gasteiger partial charge in [-0.2, -0.15) is 0 Å². The average molecular weight is 251 g/mol. The Bertz CT molecular complexity index is 344. The van der Waals surface area contributed by atoms with Crippen LogP contribution < -0.4 is 5.32 Å². The molecule has 3 aliphatic heterocycles. The van der Waals surface area contributed by atoms with Crippen LogP contribution in [0.15, 0.2) is 0 Å². The van der Waals surface area contributed by atoms with E-state index in [0.717, 1.165) is 6.42 Å². The van der Waals surface area contributed by atoms with Crippen LogP contribution in [0.5, 0.6) is 0 Å². The largest absolute Gasteiger partial charge is 0.321 e. The molecule has 102 valence electrons. The van der Waals surface area contributed by atoms with Crippen molar-refractivity contribution in [2.75, 3.05) is 13.1 Å². The predicted octanol–water partition coefficient (Wildman–Crippen LogP) is 1.03. The van der Waals surface area contributed by atoms with Gasteiger partial charge in [0.2, 0.25) is 5.91 Å². The number of hydrogen-bond donors (Lipinski definition) is 1. The van der Waals surface area contributed by atoms with Crippen LogP contribution in [-0.2, 0) is 4.79 Å². The van der Waals surface area contributed by atoms with Crippen molar-refractivity contribution in [1.82, 2.24) is 15.1 Å². The summed E-state index contributed by atoms with van der Waals surface area (Å²) in [5.74, 6) is 0.793. The standard InChI is InChI=1S/C14H25N3O/c1-9(2)13-15-10(3)14(18)17(13)12-6-8-16-7-4-5-11(12)16/h9-13,15H,4-8H2,1-3H3. The summed E-state index contributed by atoms with van der Waals surface area (Å²) < 4.78 is 0. The smallest absolute Gasteiger partial charge is 0.241 e. The third kappa shape index (κ3) is 1.77. The Balaban J connectivity index is 1.82. The van der Waals surface area contributed by atoms with Gasteiger partial charge in [-0.05, 0) is 38.6 Å². The molecular weight excluding hydrogens is 226 g/mol. The summed E-state index contributed by atoms with van der Waals surface area (Å²) in [6, 6.07) is 1.07. The first-order chi connectivity index (χ1) is 8.59. The molecule has 4 atom stereocenters. The number of carbonyl (C=O) groups excluding carboxylic acids is 1. The van der Waals surface area contributed by atoms with Gasteiger partial charge < -0.3 is 4.90 Å². The minimum Gasteiger partial charge on any atom is -0.321 e. The summed E-state index contributed by atoms with van der Waals surface area (Å²) in [5.41, 5.74) is 0. The topological polar surface area (TPSA) is 35.6 Å². The van der Waals surface area contributed by atoms with E-state index < -0.39 is 0 Å². The molecule has 0 saturated carbocycles. The molecule has 0 aliphatic carbocycles. The van der Waals surface area contributed by atoms with E-state index in [1.807, 2.05) is 6.92 Å². The summed E-state index contributed by atoms with van der Waals surface area (Å²) in [6.45, 7) is 8.82. The van der Waals surface area contributed by atoms with Gasteiger partial charge in [0.25, 0.3) is 0 Å². The summed E-state index contributed by atoms with van der Waals surface area (Å²) in [5, 5.41) is 3.47. The first-order valence-electron chi connectivity index (χ1n) is 7.42. The van der Waals surface area contributed by atoms with Crippen molar-refractivity contribution in [3.8, 4) is 0 Å². The highest BCUT2D eigenvalue weighted by Gasteiger charge is 2.48. The highest BCUT2D eigenvalue weighted by atomic mass is 16.2. The molecule has 3 fully saturated rings. The zero-order chi connectivity index (χ0) is 12.9.